The lowest BCUT2D eigenvalue weighted by molar-refractivity contribution is -0.113. The molecular formula is C23H24N4O7S. The number of furan rings is 1. The first-order valence-corrected chi connectivity index (χ1v) is 11.8. The van der Waals surface area contributed by atoms with Crippen molar-refractivity contribution in [1.82, 2.24) is 14.8 Å². The van der Waals surface area contributed by atoms with Crippen molar-refractivity contribution in [3.8, 4) is 11.6 Å². The SMILES string of the molecule is COC(=O)c1cc(NC(=O)CSc2nnc(-c3ccco3)n2CC2CCCO2)cc(C(=O)OC)c1. The molecule has 4 rings (SSSR count). The molecule has 11 nitrogen and oxygen atoms in total. The molecule has 3 heterocycles. The predicted molar refractivity (Wildman–Crippen MR) is 125 cm³/mol. The Bertz CT molecular complexity index is 1170. The Kier molecular flexibility index (Phi) is 7.83. The van der Waals surface area contributed by atoms with E-state index >= 15 is 0 Å². The summed E-state index contributed by atoms with van der Waals surface area (Å²) in [6.45, 7) is 1.25. The number of hydrogen-bond acceptors (Lipinski definition) is 10. The van der Waals surface area contributed by atoms with E-state index in [1.807, 2.05) is 4.57 Å². The number of anilines is 1. The van der Waals surface area contributed by atoms with Crippen LogP contribution in [-0.4, -0.2) is 65.3 Å². The number of nitrogens with one attached hydrogen (secondary N) is 1. The largest absolute Gasteiger partial charge is 0.465 e. The summed E-state index contributed by atoms with van der Waals surface area (Å²) in [5.41, 5.74) is 0.478. The van der Waals surface area contributed by atoms with Crippen LogP contribution in [0.25, 0.3) is 11.6 Å². The molecule has 1 aromatic carbocycles. The zero-order chi connectivity index (χ0) is 24.8. The minimum absolute atomic E-state index is 0.0117. The number of carbonyl (C=O) groups excluding carboxylic acids is 3. The molecule has 1 N–H and O–H groups in total. The lowest BCUT2D eigenvalue weighted by Gasteiger charge is -2.14. The number of methoxy groups -OCH3 is 2. The third-order valence-electron chi connectivity index (χ3n) is 5.26. The number of carbonyl (C=O) groups is 3. The number of rotatable bonds is 9. The quantitative estimate of drug-likeness (QED) is 0.345. The Balaban J connectivity index is 1.49. The van der Waals surface area contributed by atoms with Crippen LogP contribution in [0.3, 0.4) is 0 Å². The highest BCUT2D eigenvalue weighted by Crippen LogP contribution is 2.27. The van der Waals surface area contributed by atoms with Crippen molar-refractivity contribution in [2.75, 3.05) is 31.9 Å². The van der Waals surface area contributed by atoms with Gasteiger partial charge in [-0.3, -0.25) is 9.36 Å². The predicted octanol–water partition coefficient (Wildman–Crippen LogP) is 3.02. The molecule has 2 aromatic heterocycles. The maximum atomic E-state index is 12.7. The molecular weight excluding hydrogens is 476 g/mol. The van der Waals surface area contributed by atoms with E-state index in [0.717, 1.165) is 12.8 Å². The summed E-state index contributed by atoms with van der Waals surface area (Å²) in [5, 5.41) is 11.7. The summed E-state index contributed by atoms with van der Waals surface area (Å²) in [5.74, 6) is -0.512. The Labute approximate surface area is 205 Å². The highest BCUT2D eigenvalue weighted by atomic mass is 32.2. The van der Waals surface area contributed by atoms with Crippen LogP contribution >= 0.6 is 11.8 Å². The zero-order valence-corrected chi connectivity index (χ0v) is 20.0. The number of esters is 2. The molecule has 0 saturated carbocycles. The highest BCUT2D eigenvalue weighted by Gasteiger charge is 2.23. The molecule has 1 unspecified atom stereocenters. The summed E-state index contributed by atoms with van der Waals surface area (Å²) in [7, 11) is 2.46. The van der Waals surface area contributed by atoms with Gasteiger partial charge in [-0.2, -0.15) is 0 Å². The standard InChI is InChI=1S/C23H24N4O7S/c1-31-21(29)14-9-15(22(30)32-2)11-16(10-14)24-19(28)13-35-23-26-25-20(18-6-4-8-34-18)27(23)12-17-5-3-7-33-17/h4,6,8-11,17H,3,5,7,12-13H2,1-2H3,(H,24,28). The number of benzene rings is 1. The molecule has 12 heteroatoms. The van der Waals surface area contributed by atoms with Crippen molar-refractivity contribution in [1.29, 1.82) is 0 Å². The van der Waals surface area contributed by atoms with Gasteiger partial charge in [-0.25, -0.2) is 9.59 Å². The number of nitrogens with zero attached hydrogens (tertiary/aromatic N) is 3. The molecule has 0 aliphatic carbocycles. The molecule has 1 saturated heterocycles. The van der Waals surface area contributed by atoms with Gasteiger partial charge in [0.05, 0.1) is 50.0 Å². The van der Waals surface area contributed by atoms with Gasteiger partial charge in [0.1, 0.15) is 0 Å². The third kappa shape index (κ3) is 5.89. The lowest BCUT2D eigenvalue weighted by atomic mass is 10.1. The van der Waals surface area contributed by atoms with Crippen LogP contribution in [0.15, 0.2) is 46.2 Å². The smallest absolute Gasteiger partial charge is 0.337 e. The Morgan fingerprint density at radius 3 is 2.49 bits per heavy atom. The third-order valence-corrected chi connectivity index (χ3v) is 6.23. The normalized spacial score (nSPS) is 15.1. The molecule has 0 spiro atoms. The monoisotopic (exact) mass is 500 g/mol. The van der Waals surface area contributed by atoms with Crippen molar-refractivity contribution in [3.05, 3.63) is 47.7 Å². The van der Waals surface area contributed by atoms with Gasteiger partial charge in [0.2, 0.25) is 11.7 Å². The summed E-state index contributed by atoms with van der Waals surface area (Å²) >= 11 is 1.20. The van der Waals surface area contributed by atoms with Crippen molar-refractivity contribution < 1.29 is 33.0 Å². The van der Waals surface area contributed by atoms with E-state index in [2.05, 4.69) is 15.5 Å². The van der Waals surface area contributed by atoms with E-state index in [4.69, 9.17) is 18.6 Å². The van der Waals surface area contributed by atoms with Gasteiger partial charge in [-0.15, -0.1) is 10.2 Å². The van der Waals surface area contributed by atoms with E-state index < -0.39 is 11.9 Å². The molecule has 1 fully saturated rings. The maximum Gasteiger partial charge on any atom is 0.337 e. The van der Waals surface area contributed by atoms with Crippen molar-refractivity contribution in [2.24, 2.45) is 0 Å². The average Bonchev–Trinajstić information content (AvgIpc) is 3.64. The van der Waals surface area contributed by atoms with E-state index in [1.54, 1.807) is 18.4 Å². The number of aromatic nitrogens is 3. The first-order valence-electron chi connectivity index (χ1n) is 10.8. The van der Waals surface area contributed by atoms with E-state index in [0.29, 0.717) is 29.9 Å². The molecule has 1 atom stereocenters. The van der Waals surface area contributed by atoms with Crippen LogP contribution in [0.1, 0.15) is 33.6 Å². The average molecular weight is 501 g/mol. The molecule has 1 amide bonds. The van der Waals surface area contributed by atoms with Crippen molar-refractivity contribution in [2.45, 2.75) is 30.6 Å². The number of hydrogen-bond donors (Lipinski definition) is 1. The van der Waals surface area contributed by atoms with Crippen molar-refractivity contribution in [3.63, 3.8) is 0 Å². The first kappa shape index (κ1) is 24.5. The molecule has 0 bridgehead atoms. The van der Waals surface area contributed by atoms with Crippen LogP contribution in [0.5, 0.6) is 0 Å². The number of thioether (sulfide) groups is 1. The highest BCUT2D eigenvalue weighted by molar-refractivity contribution is 7.99. The summed E-state index contributed by atoms with van der Waals surface area (Å²) in [6, 6.07) is 7.76. The Morgan fingerprint density at radius 1 is 1.14 bits per heavy atom. The van der Waals surface area contributed by atoms with Gasteiger partial charge >= 0.3 is 11.9 Å². The topological polar surface area (TPSA) is 135 Å². The second kappa shape index (κ2) is 11.2. The lowest BCUT2D eigenvalue weighted by Crippen LogP contribution is -2.18. The first-order chi connectivity index (χ1) is 17.0. The van der Waals surface area contributed by atoms with Crippen molar-refractivity contribution >= 4 is 35.3 Å². The minimum Gasteiger partial charge on any atom is -0.465 e. The molecule has 1 aliphatic rings. The van der Waals surface area contributed by atoms with Gasteiger partial charge in [0, 0.05) is 12.3 Å². The number of amides is 1. The van der Waals surface area contributed by atoms with Gasteiger partial charge in [0.15, 0.2) is 10.9 Å². The fourth-order valence-corrected chi connectivity index (χ4v) is 4.39. The molecule has 0 radical (unpaired) electrons. The summed E-state index contributed by atoms with van der Waals surface area (Å²) < 4.78 is 22.6. The van der Waals surface area contributed by atoms with Crippen LogP contribution in [-0.2, 0) is 25.5 Å². The summed E-state index contributed by atoms with van der Waals surface area (Å²) in [6.07, 6.45) is 3.52. The van der Waals surface area contributed by atoms with Crippen LogP contribution in [0.4, 0.5) is 5.69 Å². The fourth-order valence-electron chi connectivity index (χ4n) is 3.64. The zero-order valence-electron chi connectivity index (χ0n) is 19.2. The van der Waals surface area contributed by atoms with Gasteiger partial charge in [-0.05, 0) is 43.2 Å². The molecule has 184 valence electrons. The van der Waals surface area contributed by atoms with E-state index in [1.165, 1.54) is 44.2 Å². The Morgan fingerprint density at radius 2 is 1.89 bits per heavy atom. The summed E-state index contributed by atoms with van der Waals surface area (Å²) in [4.78, 5) is 36.7. The molecule has 3 aromatic rings. The minimum atomic E-state index is -0.645. The van der Waals surface area contributed by atoms with Gasteiger partial charge < -0.3 is 23.9 Å². The number of ether oxygens (including phenoxy) is 3. The van der Waals surface area contributed by atoms with Gasteiger partial charge in [-0.1, -0.05) is 11.8 Å². The van der Waals surface area contributed by atoms with E-state index in [-0.39, 0.29) is 34.6 Å². The Hall–Kier alpha value is -3.64. The van der Waals surface area contributed by atoms with Crippen LogP contribution in [0.2, 0.25) is 0 Å². The fraction of sp³-hybridized carbons (Fsp3) is 0.348. The maximum absolute atomic E-state index is 12.7. The molecule has 35 heavy (non-hydrogen) atoms. The van der Waals surface area contributed by atoms with Crippen LogP contribution < -0.4 is 5.32 Å². The van der Waals surface area contributed by atoms with Gasteiger partial charge in [0.25, 0.3) is 0 Å². The molecule has 1 aliphatic heterocycles. The van der Waals surface area contributed by atoms with Crippen LogP contribution in [0, 0.1) is 0 Å². The second-order valence-corrected chi connectivity index (χ2v) is 8.59. The second-order valence-electron chi connectivity index (χ2n) is 7.65. The van der Waals surface area contributed by atoms with E-state index in [9.17, 15) is 14.4 Å².